The molecule has 1 aliphatic heterocycles. The van der Waals surface area contributed by atoms with Crippen LogP contribution in [-0.4, -0.2) is 27.0 Å². The Morgan fingerprint density at radius 1 is 1.24 bits per heavy atom. The van der Waals surface area contributed by atoms with Crippen molar-refractivity contribution in [1.82, 2.24) is 15.3 Å². The number of thioether (sulfide) groups is 1. The van der Waals surface area contributed by atoms with E-state index < -0.39 is 5.82 Å². The molecule has 2 aromatic heterocycles. The van der Waals surface area contributed by atoms with Crippen LogP contribution in [0.5, 0.6) is 0 Å². The second-order valence-electron chi connectivity index (χ2n) is 7.63. The third-order valence-corrected chi connectivity index (χ3v) is 7.82. The van der Waals surface area contributed by atoms with E-state index in [-0.39, 0.29) is 17.1 Å². The maximum absolute atomic E-state index is 13.1. The Balaban J connectivity index is 1.31. The molecule has 33 heavy (non-hydrogen) atoms. The quantitative estimate of drug-likeness (QED) is 0.558. The first-order valence-electron chi connectivity index (χ1n) is 10.3. The smallest absolute Gasteiger partial charge is 0.252 e. The van der Waals surface area contributed by atoms with Crippen molar-refractivity contribution in [2.45, 2.75) is 30.0 Å². The lowest BCUT2D eigenvalue weighted by atomic mass is 10.0. The minimum absolute atomic E-state index is 0.0754. The Labute approximate surface area is 198 Å². The van der Waals surface area contributed by atoms with Crippen molar-refractivity contribution in [2.24, 2.45) is 0 Å². The second-order valence-corrected chi connectivity index (χ2v) is 9.99. The van der Waals surface area contributed by atoms with Crippen molar-refractivity contribution in [1.29, 1.82) is 0 Å². The van der Waals surface area contributed by atoms with Crippen LogP contribution in [0.2, 0.25) is 0 Å². The summed E-state index contributed by atoms with van der Waals surface area (Å²) in [4.78, 5) is 35.8. The van der Waals surface area contributed by atoms with Crippen LogP contribution in [0, 0.1) is 12.7 Å². The molecule has 2 N–H and O–H groups in total. The van der Waals surface area contributed by atoms with Gasteiger partial charge in [-0.3, -0.25) is 14.6 Å². The minimum atomic E-state index is -0.402. The first-order chi connectivity index (χ1) is 16.0. The molecule has 166 valence electrons. The zero-order valence-electron chi connectivity index (χ0n) is 17.6. The van der Waals surface area contributed by atoms with Crippen molar-refractivity contribution in [3.05, 3.63) is 82.3 Å². The molecule has 0 saturated heterocycles. The van der Waals surface area contributed by atoms with E-state index in [2.05, 4.69) is 26.7 Å². The number of fused-ring (bicyclic) bond motifs is 2. The monoisotopic (exact) mass is 478 g/mol. The molecule has 3 aromatic rings. The summed E-state index contributed by atoms with van der Waals surface area (Å²) in [5, 5.41) is 6.66. The Morgan fingerprint density at radius 2 is 2.12 bits per heavy atom. The van der Waals surface area contributed by atoms with E-state index >= 15 is 0 Å². The highest BCUT2D eigenvalue weighted by Gasteiger charge is 2.29. The van der Waals surface area contributed by atoms with Gasteiger partial charge in [-0.15, -0.1) is 23.1 Å². The zero-order valence-corrected chi connectivity index (χ0v) is 19.2. The van der Waals surface area contributed by atoms with Gasteiger partial charge in [0.15, 0.2) is 0 Å². The van der Waals surface area contributed by atoms with Gasteiger partial charge in [0.05, 0.1) is 24.1 Å². The van der Waals surface area contributed by atoms with Gasteiger partial charge < -0.3 is 10.6 Å². The Bertz CT molecular complexity index is 1310. The summed E-state index contributed by atoms with van der Waals surface area (Å²) in [5.74, 6) is -0.754. The van der Waals surface area contributed by atoms with Crippen LogP contribution >= 0.6 is 23.1 Å². The molecule has 0 bridgehead atoms. The maximum Gasteiger partial charge on any atom is 0.252 e. The zero-order chi connectivity index (χ0) is 22.9. The van der Waals surface area contributed by atoms with Crippen molar-refractivity contribution < 1.29 is 14.0 Å². The van der Waals surface area contributed by atoms with Gasteiger partial charge in [0.2, 0.25) is 0 Å². The summed E-state index contributed by atoms with van der Waals surface area (Å²) >= 11 is 3.03. The molecule has 6 nitrogen and oxygen atoms in total. The molecule has 1 aromatic carbocycles. The van der Waals surface area contributed by atoms with Crippen LogP contribution in [0.25, 0.3) is 10.7 Å². The lowest BCUT2D eigenvalue weighted by Gasteiger charge is -2.16. The largest absolute Gasteiger partial charge is 0.347 e. The van der Waals surface area contributed by atoms with Crippen molar-refractivity contribution in [3.63, 3.8) is 0 Å². The molecular formula is C24H19FN4O2S2. The number of nitrogens with zero attached hydrogens (tertiary/aromatic N) is 2. The van der Waals surface area contributed by atoms with Crippen LogP contribution in [-0.2, 0) is 11.3 Å². The number of anilines is 1. The molecule has 5 rings (SSSR count). The van der Waals surface area contributed by atoms with Crippen LogP contribution in [0.3, 0.4) is 0 Å². The van der Waals surface area contributed by atoms with Crippen LogP contribution in [0.15, 0.2) is 65.4 Å². The van der Waals surface area contributed by atoms with E-state index in [1.165, 1.54) is 17.4 Å². The highest BCUT2D eigenvalue weighted by Crippen LogP contribution is 2.42. The molecule has 0 saturated carbocycles. The summed E-state index contributed by atoms with van der Waals surface area (Å²) in [6, 6.07) is 6.61. The third-order valence-electron chi connectivity index (χ3n) is 5.47. The van der Waals surface area contributed by atoms with Crippen molar-refractivity contribution in [3.8, 4) is 10.7 Å². The normalized spacial score (nSPS) is 16.8. The fourth-order valence-corrected chi connectivity index (χ4v) is 5.86. The van der Waals surface area contributed by atoms with Crippen molar-refractivity contribution in [2.75, 3.05) is 5.32 Å². The minimum Gasteiger partial charge on any atom is -0.347 e. The SMILES string of the molecule is Cc1c(C(=O)NCc2cnc(-c3ccc(F)cn3)s2)ccc2c1NC(=O)C1=CC=CCC1S2. The summed E-state index contributed by atoms with van der Waals surface area (Å²) in [7, 11) is 0. The summed E-state index contributed by atoms with van der Waals surface area (Å²) in [6.07, 6.45) is 9.45. The van der Waals surface area contributed by atoms with Gasteiger partial charge in [-0.2, -0.15) is 0 Å². The summed E-state index contributed by atoms with van der Waals surface area (Å²) < 4.78 is 13.1. The van der Waals surface area contributed by atoms with Gasteiger partial charge in [-0.05, 0) is 43.2 Å². The highest BCUT2D eigenvalue weighted by atomic mass is 32.2. The number of amides is 2. The number of nitrogens with one attached hydrogen (secondary N) is 2. The summed E-state index contributed by atoms with van der Waals surface area (Å²) in [6.45, 7) is 2.15. The summed E-state index contributed by atoms with van der Waals surface area (Å²) in [5.41, 5.74) is 3.27. The van der Waals surface area contributed by atoms with E-state index in [1.54, 1.807) is 30.1 Å². The first kappa shape index (κ1) is 21.5. The topological polar surface area (TPSA) is 84.0 Å². The van der Waals surface area contributed by atoms with Gasteiger partial charge >= 0.3 is 0 Å². The molecule has 2 aliphatic rings. The molecule has 3 heterocycles. The lowest BCUT2D eigenvalue weighted by molar-refractivity contribution is -0.112. The van der Waals surface area contributed by atoms with Crippen LogP contribution in [0.1, 0.15) is 27.2 Å². The predicted molar refractivity (Wildman–Crippen MR) is 128 cm³/mol. The Kier molecular flexibility index (Phi) is 5.82. The molecule has 1 aliphatic carbocycles. The Hall–Kier alpha value is -3.30. The fourth-order valence-electron chi connectivity index (χ4n) is 3.74. The number of benzene rings is 1. The number of carbonyl (C=O) groups is 2. The Morgan fingerprint density at radius 3 is 2.94 bits per heavy atom. The highest BCUT2D eigenvalue weighted by molar-refractivity contribution is 8.00. The van der Waals surface area contributed by atoms with Crippen LogP contribution < -0.4 is 10.6 Å². The predicted octanol–water partition coefficient (Wildman–Crippen LogP) is 4.88. The maximum atomic E-state index is 13.1. The third kappa shape index (κ3) is 4.34. The molecule has 1 unspecified atom stereocenters. The molecule has 2 amide bonds. The molecule has 1 atom stereocenters. The number of rotatable bonds is 4. The van der Waals surface area contributed by atoms with E-state index in [0.717, 1.165) is 33.5 Å². The molecule has 0 fully saturated rings. The number of hydrogen-bond acceptors (Lipinski definition) is 6. The molecular weight excluding hydrogens is 459 g/mol. The molecule has 0 radical (unpaired) electrons. The number of aromatic nitrogens is 2. The number of hydrogen-bond donors (Lipinski definition) is 2. The lowest BCUT2D eigenvalue weighted by Crippen LogP contribution is -2.24. The van der Waals surface area contributed by atoms with Gasteiger partial charge in [-0.25, -0.2) is 9.37 Å². The fraction of sp³-hybridized carbons (Fsp3) is 0.167. The van der Waals surface area contributed by atoms with Gasteiger partial charge in [0.25, 0.3) is 11.8 Å². The van der Waals surface area contributed by atoms with E-state index in [1.807, 2.05) is 25.1 Å². The molecule has 9 heteroatoms. The van der Waals surface area contributed by atoms with Crippen molar-refractivity contribution >= 4 is 40.6 Å². The molecule has 0 spiro atoms. The standard InChI is InChI=1S/C24H19FN4O2S2/c1-13-16(7-9-20-21(13)29-23(31)17-4-2-3-5-19(17)33-20)22(30)27-11-15-12-28-24(32-15)18-8-6-14(25)10-26-18/h2-4,6-10,12,19H,5,11H2,1H3,(H,27,30)(H,29,31). The number of halogens is 1. The number of thiazole rings is 1. The average Bonchev–Trinajstić information content (AvgIpc) is 3.24. The first-order valence-corrected chi connectivity index (χ1v) is 12.0. The number of pyridine rings is 1. The van der Waals surface area contributed by atoms with Crippen LogP contribution in [0.4, 0.5) is 10.1 Å². The van der Waals surface area contributed by atoms with Gasteiger partial charge in [0.1, 0.15) is 10.8 Å². The number of allylic oxidation sites excluding steroid dienone is 3. The average molecular weight is 479 g/mol. The second kappa shape index (κ2) is 8.92. The number of carbonyl (C=O) groups excluding carboxylic acids is 2. The van der Waals surface area contributed by atoms with Gasteiger partial charge in [-0.1, -0.05) is 18.2 Å². The van der Waals surface area contributed by atoms with Gasteiger partial charge in [0, 0.05) is 32.4 Å². The van der Waals surface area contributed by atoms with E-state index in [0.29, 0.717) is 28.5 Å². The van der Waals surface area contributed by atoms with E-state index in [9.17, 15) is 14.0 Å². The van der Waals surface area contributed by atoms with E-state index in [4.69, 9.17) is 0 Å².